The van der Waals surface area contributed by atoms with E-state index in [1.807, 2.05) is 6.92 Å². The largest absolute Gasteiger partial charge is 0.469 e. The third kappa shape index (κ3) is 8.21. The molecule has 0 aromatic heterocycles. The summed E-state index contributed by atoms with van der Waals surface area (Å²) in [5.41, 5.74) is 0. The average Bonchev–Trinajstić information content (AvgIpc) is 2.39. The fourth-order valence-corrected chi connectivity index (χ4v) is 2.60. The van der Waals surface area contributed by atoms with Crippen molar-refractivity contribution in [3.05, 3.63) is 0 Å². The van der Waals surface area contributed by atoms with E-state index in [9.17, 15) is 9.59 Å². The number of ether oxygens (including phenoxy) is 1. The second kappa shape index (κ2) is 11.2. The van der Waals surface area contributed by atoms with Gasteiger partial charge in [-0.25, -0.2) is 0 Å². The molecule has 0 heterocycles. The first-order chi connectivity index (χ1) is 9.06. The Morgan fingerprint density at radius 3 is 2.42 bits per heavy atom. The maximum atomic E-state index is 12.1. The number of hydrogen-bond donors (Lipinski definition) is 0. The maximum absolute atomic E-state index is 12.1. The van der Waals surface area contributed by atoms with E-state index in [4.69, 9.17) is 12.2 Å². The fourth-order valence-electron chi connectivity index (χ4n) is 1.46. The normalized spacial score (nSPS) is 10.1. The molecule has 19 heavy (non-hydrogen) atoms. The molecule has 0 radical (unpaired) electrons. The van der Waals surface area contributed by atoms with Crippen molar-refractivity contribution in [3.63, 3.8) is 0 Å². The Hall–Kier alpha value is -0.620. The van der Waals surface area contributed by atoms with Gasteiger partial charge in [-0.15, -0.1) is 0 Å². The van der Waals surface area contributed by atoms with Crippen LogP contribution in [0.4, 0.5) is 0 Å². The molecule has 0 aliphatic rings. The lowest BCUT2D eigenvalue weighted by Gasteiger charge is -2.22. The number of unbranched alkanes of at least 4 members (excludes halogenated alkanes) is 1. The van der Waals surface area contributed by atoms with Crippen LogP contribution in [0.1, 0.15) is 46.0 Å². The van der Waals surface area contributed by atoms with Gasteiger partial charge in [0, 0.05) is 19.4 Å². The van der Waals surface area contributed by atoms with Crippen LogP contribution in [0, 0.1) is 0 Å². The Kier molecular flexibility index (Phi) is 10.9. The van der Waals surface area contributed by atoms with E-state index in [1.54, 1.807) is 4.90 Å². The zero-order valence-electron chi connectivity index (χ0n) is 11.9. The van der Waals surface area contributed by atoms with Crippen molar-refractivity contribution in [1.29, 1.82) is 0 Å². The molecule has 0 aromatic rings. The van der Waals surface area contributed by atoms with Crippen LogP contribution in [0.2, 0.25) is 0 Å². The van der Waals surface area contributed by atoms with E-state index in [1.165, 1.54) is 18.9 Å². The summed E-state index contributed by atoms with van der Waals surface area (Å²) in [6.45, 7) is 4.76. The summed E-state index contributed by atoms with van der Waals surface area (Å²) in [6.07, 6.45) is 3.08. The number of hydrogen-bond acceptors (Lipinski definition) is 5. The van der Waals surface area contributed by atoms with Gasteiger partial charge >= 0.3 is 5.97 Å². The number of amides is 1. The van der Waals surface area contributed by atoms with Crippen molar-refractivity contribution in [2.75, 3.05) is 19.4 Å². The van der Waals surface area contributed by atoms with Gasteiger partial charge in [-0.05, 0) is 18.6 Å². The molecule has 0 bridgehead atoms. The first kappa shape index (κ1) is 18.4. The van der Waals surface area contributed by atoms with Gasteiger partial charge in [0.1, 0.15) is 4.32 Å². The van der Waals surface area contributed by atoms with E-state index in [-0.39, 0.29) is 18.3 Å². The van der Waals surface area contributed by atoms with Crippen molar-refractivity contribution < 1.29 is 14.3 Å². The number of carbonyl (C=O) groups excluding carboxylic acids is 2. The molecule has 0 rings (SSSR count). The highest BCUT2D eigenvalue weighted by Gasteiger charge is 2.17. The molecule has 110 valence electrons. The SMILES string of the molecule is CCCCN(C(=O)CCCC(=O)OC)C(=S)SCC. The summed E-state index contributed by atoms with van der Waals surface area (Å²) in [6, 6.07) is 0. The Morgan fingerprint density at radius 1 is 1.21 bits per heavy atom. The molecule has 1 amide bonds. The molecule has 0 spiro atoms. The number of thioether (sulfide) groups is 1. The molecule has 0 fully saturated rings. The van der Waals surface area contributed by atoms with Gasteiger partial charge in [0.15, 0.2) is 0 Å². The van der Waals surface area contributed by atoms with Gasteiger partial charge < -0.3 is 4.74 Å². The van der Waals surface area contributed by atoms with Crippen molar-refractivity contribution >= 4 is 40.2 Å². The van der Waals surface area contributed by atoms with E-state index in [0.29, 0.717) is 23.7 Å². The van der Waals surface area contributed by atoms with Crippen molar-refractivity contribution in [1.82, 2.24) is 4.90 Å². The van der Waals surface area contributed by atoms with Crippen molar-refractivity contribution in [2.45, 2.75) is 46.0 Å². The standard InChI is InChI=1S/C13H23NO3S2/c1-4-6-10-14(13(18)19-5-2)11(15)8-7-9-12(16)17-3/h4-10H2,1-3H3. The Bertz CT molecular complexity index is 308. The monoisotopic (exact) mass is 305 g/mol. The summed E-state index contributed by atoms with van der Waals surface area (Å²) >= 11 is 6.77. The lowest BCUT2D eigenvalue weighted by Crippen LogP contribution is -2.35. The summed E-state index contributed by atoms with van der Waals surface area (Å²) in [7, 11) is 1.35. The van der Waals surface area contributed by atoms with Crippen LogP contribution >= 0.6 is 24.0 Å². The Balaban J connectivity index is 4.29. The van der Waals surface area contributed by atoms with Crippen LogP contribution in [0.25, 0.3) is 0 Å². The zero-order valence-corrected chi connectivity index (χ0v) is 13.6. The van der Waals surface area contributed by atoms with E-state index in [0.717, 1.165) is 18.6 Å². The highest BCUT2D eigenvalue weighted by molar-refractivity contribution is 8.22. The number of rotatable bonds is 8. The minimum Gasteiger partial charge on any atom is -0.469 e. The lowest BCUT2D eigenvalue weighted by atomic mass is 10.2. The molecule has 0 atom stereocenters. The van der Waals surface area contributed by atoms with E-state index < -0.39 is 0 Å². The average molecular weight is 305 g/mol. The molecule has 0 N–H and O–H groups in total. The van der Waals surface area contributed by atoms with Crippen molar-refractivity contribution in [2.24, 2.45) is 0 Å². The molecule has 6 heteroatoms. The summed E-state index contributed by atoms with van der Waals surface area (Å²) in [4.78, 5) is 24.8. The molecule has 0 unspecified atom stereocenters. The van der Waals surface area contributed by atoms with Gasteiger partial charge in [-0.3, -0.25) is 14.5 Å². The van der Waals surface area contributed by atoms with Gasteiger partial charge in [0.25, 0.3) is 0 Å². The predicted octanol–water partition coefficient (Wildman–Crippen LogP) is 3.00. The van der Waals surface area contributed by atoms with Gasteiger partial charge in [-0.2, -0.15) is 0 Å². The van der Waals surface area contributed by atoms with Crippen LogP contribution in [-0.4, -0.2) is 40.5 Å². The molecule has 0 aliphatic carbocycles. The number of methoxy groups -OCH3 is 1. The molecule has 0 saturated carbocycles. The predicted molar refractivity (Wildman–Crippen MR) is 83.2 cm³/mol. The second-order valence-electron chi connectivity index (χ2n) is 4.03. The van der Waals surface area contributed by atoms with Crippen LogP contribution in [0.5, 0.6) is 0 Å². The van der Waals surface area contributed by atoms with Gasteiger partial charge in [0.2, 0.25) is 5.91 Å². The molecular formula is C13H23NO3S2. The number of esters is 1. The third-order valence-corrected chi connectivity index (χ3v) is 3.85. The highest BCUT2D eigenvalue weighted by Crippen LogP contribution is 2.13. The van der Waals surface area contributed by atoms with Crippen LogP contribution in [0.15, 0.2) is 0 Å². The summed E-state index contributed by atoms with van der Waals surface area (Å²) in [5, 5.41) is 0. The van der Waals surface area contributed by atoms with Crippen LogP contribution in [-0.2, 0) is 14.3 Å². The Labute approximate surface area is 125 Å². The quantitative estimate of drug-likeness (QED) is 0.509. The topological polar surface area (TPSA) is 46.6 Å². The molecule has 0 saturated heterocycles. The number of nitrogens with zero attached hydrogens (tertiary/aromatic N) is 1. The maximum Gasteiger partial charge on any atom is 0.305 e. The van der Waals surface area contributed by atoms with Crippen molar-refractivity contribution in [3.8, 4) is 0 Å². The smallest absolute Gasteiger partial charge is 0.305 e. The van der Waals surface area contributed by atoms with E-state index in [2.05, 4.69) is 11.7 Å². The lowest BCUT2D eigenvalue weighted by molar-refractivity contribution is -0.140. The minimum atomic E-state index is -0.279. The highest BCUT2D eigenvalue weighted by atomic mass is 32.2. The van der Waals surface area contributed by atoms with E-state index >= 15 is 0 Å². The van der Waals surface area contributed by atoms with Crippen LogP contribution < -0.4 is 0 Å². The molecule has 0 aliphatic heterocycles. The number of carbonyl (C=O) groups is 2. The fraction of sp³-hybridized carbons (Fsp3) is 0.769. The summed E-state index contributed by atoms with van der Waals surface area (Å²) in [5.74, 6) is 0.582. The van der Waals surface area contributed by atoms with Gasteiger partial charge in [0.05, 0.1) is 7.11 Å². The second-order valence-corrected chi connectivity index (χ2v) is 5.93. The van der Waals surface area contributed by atoms with Crippen LogP contribution in [0.3, 0.4) is 0 Å². The number of thiocarbonyl (C=S) groups is 1. The zero-order chi connectivity index (χ0) is 14.7. The molecular weight excluding hydrogens is 282 g/mol. The Morgan fingerprint density at radius 2 is 1.89 bits per heavy atom. The summed E-state index contributed by atoms with van der Waals surface area (Å²) < 4.78 is 5.19. The minimum absolute atomic E-state index is 0.00306. The van der Waals surface area contributed by atoms with Gasteiger partial charge in [-0.1, -0.05) is 44.2 Å². The third-order valence-electron chi connectivity index (χ3n) is 2.52. The molecule has 4 nitrogen and oxygen atoms in total. The first-order valence-corrected chi connectivity index (χ1v) is 8.00. The first-order valence-electron chi connectivity index (χ1n) is 6.60. The molecule has 0 aromatic carbocycles.